The van der Waals surface area contributed by atoms with E-state index in [1.807, 2.05) is 18.2 Å². The van der Waals surface area contributed by atoms with Gasteiger partial charge in [0.15, 0.2) is 11.5 Å². The van der Waals surface area contributed by atoms with Crippen LogP contribution in [0.1, 0.15) is 38.1 Å². The minimum atomic E-state index is -0.390. The summed E-state index contributed by atoms with van der Waals surface area (Å²) in [5.74, 6) is 1.58. The molecule has 33 heavy (non-hydrogen) atoms. The number of anilines is 1. The topological polar surface area (TPSA) is 72.1 Å². The number of carbonyl (C=O) groups is 1. The minimum Gasteiger partial charge on any atom is -0.493 e. The zero-order chi connectivity index (χ0) is 22.9. The van der Waals surface area contributed by atoms with Gasteiger partial charge in [-0.05, 0) is 29.7 Å². The van der Waals surface area contributed by atoms with Crippen LogP contribution in [0, 0.1) is 0 Å². The van der Waals surface area contributed by atoms with Crippen LogP contribution < -0.4 is 24.8 Å². The third kappa shape index (κ3) is 4.00. The third-order valence-corrected chi connectivity index (χ3v) is 7.33. The Morgan fingerprint density at radius 2 is 1.76 bits per heavy atom. The molecule has 3 aromatic rings. The molecule has 0 spiro atoms. The van der Waals surface area contributed by atoms with Gasteiger partial charge < -0.3 is 24.8 Å². The van der Waals surface area contributed by atoms with E-state index in [0.717, 1.165) is 42.2 Å². The van der Waals surface area contributed by atoms with Crippen molar-refractivity contribution in [1.82, 2.24) is 10.2 Å². The van der Waals surface area contributed by atoms with Crippen molar-refractivity contribution in [3.05, 3.63) is 69.6 Å². The van der Waals surface area contributed by atoms with Crippen LogP contribution in [-0.2, 0) is 19.5 Å². The summed E-state index contributed by atoms with van der Waals surface area (Å²) in [6, 6.07) is 14.2. The van der Waals surface area contributed by atoms with Crippen molar-refractivity contribution in [1.29, 1.82) is 0 Å². The van der Waals surface area contributed by atoms with E-state index in [-0.39, 0.29) is 12.1 Å². The summed E-state index contributed by atoms with van der Waals surface area (Å²) in [5, 5.41) is 7.55. The predicted molar refractivity (Wildman–Crippen MR) is 129 cm³/mol. The van der Waals surface area contributed by atoms with Gasteiger partial charge in [-0.25, -0.2) is 0 Å². The van der Waals surface area contributed by atoms with E-state index in [1.54, 1.807) is 32.7 Å². The fourth-order valence-corrected chi connectivity index (χ4v) is 5.90. The average molecular weight is 466 g/mol. The molecule has 0 saturated carbocycles. The van der Waals surface area contributed by atoms with Gasteiger partial charge in [0.2, 0.25) is 5.75 Å². The zero-order valence-corrected chi connectivity index (χ0v) is 19.8. The Kier molecular flexibility index (Phi) is 5.86. The van der Waals surface area contributed by atoms with Crippen LogP contribution in [0.2, 0.25) is 0 Å². The number of carbonyl (C=O) groups excluding carboxylic acids is 1. The molecule has 0 saturated heterocycles. The minimum absolute atomic E-state index is 0.0449. The largest absolute Gasteiger partial charge is 0.493 e. The average Bonchev–Trinajstić information content (AvgIpc) is 3.21. The summed E-state index contributed by atoms with van der Waals surface area (Å²) in [7, 11) is 4.74. The first-order valence-electron chi connectivity index (χ1n) is 10.9. The van der Waals surface area contributed by atoms with E-state index in [9.17, 15) is 4.79 Å². The molecule has 0 fully saturated rings. The van der Waals surface area contributed by atoms with Crippen LogP contribution in [0.5, 0.6) is 17.2 Å². The molecular weight excluding hydrogens is 438 g/mol. The molecule has 8 heteroatoms. The van der Waals surface area contributed by atoms with Gasteiger partial charge in [-0.2, -0.15) is 0 Å². The number of nitrogens with zero attached hydrogens (tertiary/aromatic N) is 1. The highest BCUT2D eigenvalue weighted by Crippen LogP contribution is 2.44. The quantitative estimate of drug-likeness (QED) is 0.569. The molecule has 5 rings (SSSR count). The Morgan fingerprint density at radius 1 is 1.03 bits per heavy atom. The van der Waals surface area contributed by atoms with E-state index in [2.05, 4.69) is 39.8 Å². The summed E-state index contributed by atoms with van der Waals surface area (Å²) in [4.78, 5) is 16.9. The molecule has 2 N–H and O–H groups in total. The summed E-state index contributed by atoms with van der Waals surface area (Å²) in [5.41, 5.74) is 4.10. The lowest BCUT2D eigenvalue weighted by atomic mass is 9.99. The van der Waals surface area contributed by atoms with E-state index in [4.69, 9.17) is 14.2 Å². The Balaban J connectivity index is 1.40. The van der Waals surface area contributed by atoms with E-state index in [0.29, 0.717) is 17.2 Å². The number of amides is 1. The number of fused-ring (bicyclic) bond motifs is 3. The maximum absolute atomic E-state index is 13.2. The fourth-order valence-electron chi connectivity index (χ4n) is 4.58. The molecule has 1 amide bonds. The highest BCUT2D eigenvalue weighted by molar-refractivity contribution is 7.16. The molecule has 2 aromatic carbocycles. The summed E-state index contributed by atoms with van der Waals surface area (Å²) < 4.78 is 16.4. The summed E-state index contributed by atoms with van der Waals surface area (Å²) in [6.07, 6.45) is 0.483. The van der Waals surface area contributed by atoms with Crippen molar-refractivity contribution in [2.24, 2.45) is 0 Å². The Bertz CT molecular complexity index is 1150. The van der Waals surface area contributed by atoms with Crippen LogP contribution in [0.25, 0.3) is 0 Å². The second-order valence-corrected chi connectivity index (χ2v) is 9.27. The van der Waals surface area contributed by atoms with Gasteiger partial charge >= 0.3 is 0 Å². The highest BCUT2D eigenvalue weighted by atomic mass is 32.1. The lowest BCUT2D eigenvalue weighted by Crippen LogP contribution is -2.38. The van der Waals surface area contributed by atoms with Crippen LogP contribution in [-0.4, -0.2) is 38.7 Å². The summed E-state index contributed by atoms with van der Waals surface area (Å²) >= 11 is 1.68. The SMILES string of the molecule is COc1cc(C2NC(=O)c3c(sc4c3CCN(Cc3ccccc3)C4)N2)cc(OC)c1OC. The molecule has 3 heterocycles. The number of nitrogens with one attached hydrogen (secondary N) is 2. The number of thiophene rings is 1. The summed E-state index contributed by atoms with van der Waals surface area (Å²) in [6.45, 7) is 2.71. The molecule has 7 nitrogen and oxygen atoms in total. The number of rotatable bonds is 6. The van der Waals surface area contributed by atoms with E-state index >= 15 is 0 Å². The molecule has 0 radical (unpaired) electrons. The van der Waals surface area contributed by atoms with Crippen LogP contribution >= 0.6 is 11.3 Å². The molecule has 1 unspecified atom stereocenters. The third-order valence-electron chi connectivity index (χ3n) is 6.18. The van der Waals surface area contributed by atoms with Crippen LogP contribution in [0.3, 0.4) is 0 Å². The maximum Gasteiger partial charge on any atom is 0.256 e. The molecule has 2 aliphatic rings. The molecular formula is C25H27N3O4S. The normalized spacial score (nSPS) is 17.4. The molecule has 1 atom stereocenters. The first-order valence-corrected chi connectivity index (χ1v) is 11.7. The van der Waals surface area contributed by atoms with Gasteiger partial charge in [-0.15, -0.1) is 11.3 Å². The van der Waals surface area contributed by atoms with E-state index in [1.165, 1.54) is 16.0 Å². The van der Waals surface area contributed by atoms with Crippen molar-refractivity contribution < 1.29 is 19.0 Å². The van der Waals surface area contributed by atoms with Gasteiger partial charge in [0.25, 0.3) is 5.91 Å². The highest BCUT2D eigenvalue weighted by Gasteiger charge is 2.34. The maximum atomic E-state index is 13.2. The van der Waals surface area contributed by atoms with Gasteiger partial charge in [0.05, 0.1) is 26.9 Å². The Labute approximate surface area is 197 Å². The smallest absolute Gasteiger partial charge is 0.256 e. The van der Waals surface area contributed by atoms with Gasteiger partial charge in [0.1, 0.15) is 11.2 Å². The first-order chi connectivity index (χ1) is 16.1. The molecule has 172 valence electrons. The predicted octanol–water partition coefficient (Wildman–Crippen LogP) is 4.19. The van der Waals surface area contributed by atoms with Crippen molar-refractivity contribution >= 4 is 22.2 Å². The van der Waals surface area contributed by atoms with Gasteiger partial charge in [-0.1, -0.05) is 30.3 Å². The zero-order valence-electron chi connectivity index (χ0n) is 18.9. The second kappa shape index (κ2) is 8.96. The Morgan fingerprint density at radius 3 is 2.42 bits per heavy atom. The van der Waals surface area contributed by atoms with Crippen molar-refractivity contribution in [3.8, 4) is 17.2 Å². The van der Waals surface area contributed by atoms with Crippen molar-refractivity contribution in [2.45, 2.75) is 25.7 Å². The Hall–Kier alpha value is -3.23. The number of methoxy groups -OCH3 is 3. The van der Waals surface area contributed by atoms with Crippen LogP contribution in [0.4, 0.5) is 5.00 Å². The number of benzene rings is 2. The number of ether oxygens (including phenoxy) is 3. The van der Waals surface area contributed by atoms with Crippen molar-refractivity contribution in [3.63, 3.8) is 0 Å². The lowest BCUT2D eigenvalue weighted by Gasteiger charge is -2.29. The second-order valence-electron chi connectivity index (χ2n) is 8.16. The van der Waals surface area contributed by atoms with Gasteiger partial charge in [-0.3, -0.25) is 9.69 Å². The molecule has 0 bridgehead atoms. The lowest BCUT2D eigenvalue weighted by molar-refractivity contribution is 0.0934. The fraction of sp³-hybridized carbons (Fsp3) is 0.320. The molecule has 0 aliphatic carbocycles. The monoisotopic (exact) mass is 465 g/mol. The van der Waals surface area contributed by atoms with Gasteiger partial charge in [0, 0.05) is 30.1 Å². The number of hydrogen-bond acceptors (Lipinski definition) is 7. The molecule has 2 aliphatic heterocycles. The first kappa shape index (κ1) is 21.6. The van der Waals surface area contributed by atoms with E-state index < -0.39 is 0 Å². The van der Waals surface area contributed by atoms with Crippen LogP contribution in [0.15, 0.2) is 42.5 Å². The molecule has 1 aromatic heterocycles. The standard InChI is InChI=1S/C25H27N3O4S/c1-30-18-11-16(12-19(31-2)22(18)32-3)23-26-24(29)21-17-9-10-28(13-15-7-5-4-6-8-15)14-20(17)33-25(21)27-23/h4-8,11-12,23,27H,9-10,13-14H2,1-3H3,(H,26,29). The number of hydrogen-bond donors (Lipinski definition) is 2. The van der Waals surface area contributed by atoms with Crippen molar-refractivity contribution in [2.75, 3.05) is 33.2 Å².